The highest BCUT2D eigenvalue weighted by Crippen LogP contribution is 2.27. The molecule has 0 aliphatic carbocycles. The second-order valence-electron chi connectivity index (χ2n) is 4.72. The lowest BCUT2D eigenvalue weighted by Gasteiger charge is -2.15. The van der Waals surface area contributed by atoms with Crippen molar-refractivity contribution in [2.24, 2.45) is 0 Å². The van der Waals surface area contributed by atoms with Crippen LogP contribution in [0.25, 0.3) is 0 Å². The molecule has 0 bridgehead atoms. The lowest BCUT2D eigenvalue weighted by Crippen LogP contribution is -2.06. The Morgan fingerprint density at radius 3 is 2.55 bits per heavy atom. The summed E-state index contributed by atoms with van der Waals surface area (Å²) in [5.74, 6) is 1.36. The molecule has 0 spiro atoms. The molecular formula is C16H20ClNOS. The van der Waals surface area contributed by atoms with E-state index >= 15 is 0 Å². The van der Waals surface area contributed by atoms with Gasteiger partial charge in [0.2, 0.25) is 0 Å². The monoisotopic (exact) mass is 309 g/mol. The molecule has 1 aromatic carbocycles. The van der Waals surface area contributed by atoms with Crippen molar-refractivity contribution in [2.75, 3.05) is 0 Å². The summed E-state index contributed by atoms with van der Waals surface area (Å²) >= 11 is 7.42. The van der Waals surface area contributed by atoms with Crippen LogP contribution in [0.15, 0.2) is 29.6 Å². The van der Waals surface area contributed by atoms with Crippen LogP contribution in [-0.2, 0) is 12.3 Å². The average molecular weight is 310 g/mol. The topological polar surface area (TPSA) is 22.1 Å². The first-order chi connectivity index (χ1) is 9.76. The third-order valence-corrected chi connectivity index (χ3v) is 4.35. The first-order valence-corrected chi connectivity index (χ1v) is 8.44. The Hall–Kier alpha value is -1.06. The summed E-state index contributed by atoms with van der Waals surface area (Å²) in [4.78, 5) is 4.50. The van der Waals surface area contributed by atoms with Crippen molar-refractivity contribution >= 4 is 22.9 Å². The summed E-state index contributed by atoms with van der Waals surface area (Å²) in [7, 11) is 0. The number of nitrogens with zero attached hydrogens (tertiary/aromatic N) is 1. The number of rotatable bonds is 7. The fourth-order valence-corrected chi connectivity index (χ4v) is 3.19. The minimum absolute atomic E-state index is 0.00833. The molecule has 4 heteroatoms. The van der Waals surface area contributed by atoms with Crippen LogP contribution in [0.4, 0.5) is 0 Å². The van der Waals surface area contributed by atoms with Crippen LogP contribution >= 0.6 is 22.9 Å². The van der Waals surface area contributed by atoms with Crippen LogP contribution in [0.2, 0.25) is 0 Å². The predicted octanol–water partition coefficient (Wildman–Crippen LogP) is 5.36. The molecule has 0 aliphatic heterocycles. The van der Waals surface area contributed by atoms with E-state index in [4.69, 9.17) is 16.3 Å². The molecule has 1 aromatic heterocycles. The Kier molecular flexibility index (Phi) is 5.86. The molecule has 2 nitrogen and oxygen atoms in total. The molecule has 2 aromatic rings. The summed E-state index contributed by atoms with van der Waals surface area (Å²) in [6.07, 6.45) is 3.18. The van der Waals surface area contributed by atoms with Crippen molar-refractivity contribution in [3.05, 3.63) is 45.9 Å². The van der Waals surface area contributed by atoms with E-state index < -0.39 is 0 Å². The fraction of sp³-hybridized carbons (Fsp3) is 0.438. The number of thiazole rings is 1. The van der Waals surface area contributed by atoms with Gasteiger partial charge in [-0.2, -0.15) is 0 Å². The van der Waals surface area contributed by atoms with E-state index in [1.807, 2.05) is 17.5 Å². The van der Waals surface area contributed by atoms with Gasteiger partial charge < -0.3 is 4.74 Å². The molecule has 0 saturated heterocycles. The number of hydrogen-bond donors (Lipinski definition) is 0. The molecule has 0 saturated carbocycles. The number of benzene rings is 1. The highest BCUT2D eigenvalue weighted by Gasteiger charge is 2.15. The zero-order valence-corrected chi connectivity index (χ0v) is 13.5. The quantitative estimate of drug-likeness (QED) is 0.642. The third kappa shape index (κ3) is 3.97. The number of ether oxygens (including phenoxy) is 1. The predicted molar refractivity (Wildman–Crippen MR) is 85.8 cm³/mol. The smallest absolute Gasteiger partial charge is 0.150 e. The van der Waals surface area contributed by atoms with E-state index in [0.717, 1.165) is 35.7 Å². The van der Waals surface area contributed by atoms with E-state index in [1.54, 1.807) is 11.3 Å². The standard InChI is InChI=1S/C16H20ClNOS/c1-3-5-12-6-8-14(9-7-12)19-15(4-2)16-18-13(10-17)11-20-16/h6-9,11,15H,3-5,10H2,1-2H3. The van der Waals surface area contributed by atoms with Gasteiger partial charge in [-0.1, -0.05) is 32.4 Å². The molecule has 0 aliphatic rings. The molecule has 1 atom stereocenters. The van der Waals surface area contributed by atoms with Crippen molar-refractivity contribution in [2.45, 2.75) is 45.1 Å². The summed E-state index contributed by atoms with van der Waals surface area (Å²) < 4.78 is 6.05. The van der Waals surface area contributed by atoms with Gasteiger partial charge in [0.25, 0.3) is 0 Å². The van der Waals surface area contributed by atoms with Gasteiger partial charge >= 0.3 is 0 Å². The SMILES string of the molecule is CCCc1ccc(OC(CC)c2nc(CCl)cs2)cc1. The van der Waals surface area contributed by atoms with E-state index in [1.165, 1.54) is 5.56 Å². The maximum atomic E-state index is 6.05. The molecule has 0 radical (unpaired) electrons. The van der Waals surface area contributed by atoms with Crippen molar-refractivity contribution in [3.8, 4) is 5.75 Å². The molecule has 1 heterocycles. The Balaban J connectivity index is 2.05. The minimum atomic E-state index is 0.00833. The van der Waals surface area contributed by atoms with E-state index in [-0.39, 0.29) is 6.10 Å². The van der Waals surface area contributed by atoms with Gasteiger partial charge in [-0.25, -0.2) is 4.98 Å². The minimum Gasteiger partial charge on any atom is -0.483 e. The number of aryl methyl sites for hydroxylation is 1. The van der Waals surface area contributed by atoms with Gasteiger partial charge in [0.1, 0.15) is 16.9 Å². The van der Waals surface area contributed by atoms with Crippen LogP contribution in [0.1, 0.15) is 49.1 Å². The number of alkyl halides is 1. The van der Waals surface area contributed by atoms with Gasteiger partial charge in [0.05, 0.1) is 11.6 Å². The molecule has 108 valence electrons. The zero-order chi connectivity index (χ0) is 14.4. The summed E-state index contributed by atoms with van der Waals surface area (Å²) in [6, 6.07) is 8.36. The fourth-order valence-electron chi connectivity index (χ4n) is 2.03. The normalized spacial score (nSPS) is 12.3. The number of hydrogen-bond acceptors (Lipinski definition) is 3. The summed E-state index contributed by atoms with van der Waals surface area (Å²) in [5, 5.41) is 3.00. The highest BCUT2D eigenvalue weighted by molar-refractivity contribution is 7.09. The van der Waals surface area contributed by atoms with Crippen LogP contribution in [0.3, 0.4) is 0 Å². The molecular weight excluding hydrogens is 290 g/mol. The van der Waals surface area contributed by atoms with Crippen LogP contribution in [0.5, 0.6) is 5.75 Å². The van der Waals surface area contributed by atoms with Crippen LogP contribution in [-0.4, -0.2) is 4.98 Å². The van der Waals surface area contributed by atoms with E-state index in [9.17, 15) is 0 Å². The molecule has 0 N–H and O–H groups in total. The van der Waals surface area contributed by atoms with Gasteiger partial charge in [0.15, 0.2) is 0 Å². The molecule has 0 amide bonds. The Labute approximate surface area is 129 Å². The Morgan fingerprint density at radius 2 is 2.00 bits per heavy atom. The average Bonchev–Trinajstić information content (AvgIpc) is 2.95. The van der Waals surface area contributed by atoms with Crippen molar-refractivity contribution in [1.82, 2.24) is 4.98 Å². The highest BCUT2D eigenvalue weighted by atomic mass is 35.5. The Bertz CT molecular complexity index is 524. The van der Waals surface area contributed by atoms with E-state index in [0.29, 0.717) is 5.88 Å². The third-order valence-electron chi connectivity index (χ3n) is 3.09. The van der Waals surface area contributed by atoms with Crippen molar-refractivity contribution in [3.63, 3.8) is 0 Å². The maximum absolute atomic E-state index is 6.05. The number of halogens is 1. The summed E-state index contributed by atoms with van der Waals surface area (Å²) in [6.45, 7) is 4.30. The first-order valence-electron chi connectivity index (χ1n) is 7.02. The molecule has 20 heavy (non-hydrogen) atoms. The first kappa shape index (κ1) is 15.3. The van der Waals surface area contributed by atoms with Gasteiger partial charge in [-0.3, -0.25) is 0 Å². The van der Waals surface area contributed by atoms with Crippen molar-refractivity contribution < 1.29 is 4.74 Å². The lowest BCUT2D eigenvalue weighted by molar-refractivity contribution is 0.200. The second kappa shape index (κ2) is 7.65. The van der Waals surface area contributed by atoms with E-state index in [2.05, 4.69) is 31.0 Å². The lowest BCUT2D eigenvalue weighted by atomic mass is 10.1. The van der Waals surface area contributed by atoms with Crippen LogP contribution in [0, 0.1) is 0 Å². The Morgan fingerprint density at radius 1 is 1.25 bits per heavy atom. The maximum Gasteiger partial charge on any atom is 0.150 e. The van der Waals surface area contributed by atoms with Gasteiger partial charge in [-0.15, -0.1) is 22.9 Å². The molecule has 2 rings (SSSR count). The largest absolute Gasteiger partial charge is 0.483 e. The van der Waals surface area contributed by atoms with Crippen LogP contribution < -0.4 is 4.74 Å². The number of aromatic nitrogens is 1. The van der Waals surface area contributed by atoms with Gasteiger partial charge in [0, 0.05) is 5.38 Å². The van der Waals surface area contributed by atoms with Gasteiger partial charge in [-0.05, 0) is 30.5 Å². The zero-order valence-electron chi connectivity index (χ0n) is 11.9. The summed E-state index contributed by atoms with van der Waals surface area (Å²) in [5.41, 5.74) is 2.28. The molecule has 0 fully saturated rings. The second-order valence-corrected chi connectivity index (χ2v) is 5.88. The molecule has 1 unspecified atom stereocenters. The van der Waals surface area contributed by atoms with Crippen molar-refractivity contribution in [1.29, 1.82) is 0 Å².